The zero-order valence-electron chi connectivity index (χ0n) is 14.0. The summed E-state index contributed by atoms with van der Waals surface area (Å²) in [6.45, 7) is 3.32. The third-order valence-electron chi connectivity index (χ3n) is 3.39. The van der Waals surface area contributed by atoms with Crippen LogP contribution in [-0.2, 0) is 5.54 Å². The van der Waals surface area contributed by atoms with Crippen molar-refractivity contribution in [2.24, 2.45) is 5.73 Å². The third-order valence-corrected chi connectivity index (χ3v) is 3.39. The molecule has 1 aromatic carbocycles. The number of hydrogen-bond acceptors (Lipinski definition) is 7. The highest BCUT2D eigenvalue weighted by Crippen LogP contribution is 2.25. The van der Waals surface area contributed by atoms with E-state index in [0.29, 0.717) is 11.5 Å². The molecule has 0 aliphatic carbocycles. The molecule has 134 valence electrons. The molecule has 0 saturated heterocycles. The van der Waals surface area contributed by atoms with Crippen LogP contribution in [-0.4, -0.2) is 25.0 Å². The molecule has 0 aliphatic rings. The number of aromatic nitrogens is 4. The third kappa shape index (κ3) is 3.67. The van der Waals surface area contributed by atoms with E-state index in [4.69, 9.17) is 10.5 Å². The predicted molar refractivity (Wildman–Crippen MR) is 91.2 cm³/mol. The molecule has 3 aromatic rings. The summed E-state index contributed by atoms with van der Waals surface area (Å²) in [6.07, 6.45) is 2.70. The Morgan fingerprint density at radius 3 is 2.35 bits per heavy atom. The molecule has 0 unspecified atom stereocenters. The molecule has 0 saturated carbocycles. The van der Waals surface area contributed by atoms with Crippen LogP contribution in [0.4, 0.5) is 4.39 Å². The van der Waals surface area contributed by atoms with Gasteiger partial charge >= 0.3 is 0 Å². The Balaban J connectivity index is 1.92. The number of benzene rings is 1. The van der Waals surface area contributed by atoms with Crippen LogP contribution < -0.4 is 16.0 Å². The zero-order valence-corrected chi connectivity index (χ0v) is 14.0. The number of nitrogens with one attached hydrogen (secondary N) is 1. The molecule has 0 spiro atoms. The molecule has 0 amide bonds. The van der Waals surface area contributed by atoms with Crippen LogP contribution >= 0.6 is 0 Å². The zero-order chi connectivity index (χ0) is 18.9. The lowest BCUT2D eigenvalue weighted by molar-refractivity contribution is 0.453. The molecule has 2 heterocycles. The van der Waals surface area contributed by atoms with Gasteiger partial charge in [-0.1, -0.05) is 0 Å². The van der Waals surface area contributed by atoms with E-state index in [1.54, 1.807) is 13.8 Å². The summed E-state index contributed by atoms with van der Waals surface area (Å²) < 4.78 is 18.4. The van der Waals surface area contributed by atoms with E-state index in [1.807, 2.05) is 0 Å². The van der Waals surface area contributed by atoms with Crippen molar-refractivity contribution in [2.75, 3.05) is 0 Å². The van der Waals surface area contributed by atoms with Gasteiger partial charge in [-0.3, -0.25) is 4.79 Å². The normalized spacial score (nSPS) is 11.4. The first-order valence-corrected chi connectivity index (χ1v) is 7.62. The first-order valence-electron chi connectivity index (χ1n) is 7.62. The second-order valence-electron chi connectivity index (χ2n) is 6.13. The van der Waals surface area contributed by atoms with Crippen molar-refractivity contribution in [2.45, 2.75) is 19.4 Å². The lowest BCUT2D eigenvalue weighted by atomic mass is 10.1. The largest absolute Gasteiger partial charge is 0.501 e. The molecule has 0 aliphatic heterocycles. The van der Waals surface area contributed by atoms with Gasteiger partial charge in [-0.05, 0) is 38.1 Å². The van der Waals surface area contributed by atoms with Gasteiger partial charge in [-0.15, -0.1) is 0 Å². The van der Waals surface area contributed by atoms with Gasteiger partial charge in [0.15, 0.2) is 17.3 Å². The molecule has 0 atom stereocenters. The van der Waals surface area contributed by atoms with Gasteiger partial charge in [0.2, 0.25) is 5.75 Å². The van der Waals surface area contributed by atoms with Crippen LogP contribution in [0.25, 0.3) is 11.5 Å². The topological polar surface area (TPSA) is 127 Å². The van der Waals surface area contributed by atoms with Crippen molar-refractivity contribution in [3.05, 3.63) is 58.7 Å². The number of H-pyrrole nitrogens is 1. The SMILES string of the molecule is CC(C)(N)c1nc(-c2ncc(Oc3ccc(F)cc3)cn2)c(O)c(=O)[nH]1. The summed E-state index contributed by atoms with van der Waals surface area (Å²) in [4.78, 5) is 26.6. The molecule has 26 heavy (non-hydrogen) atoms. The number of aromatic amines is 1. The Kier molecular flexibility index (Phi) is 4.39. The van der Waals surface area contributed by atoms with Crippen LogP contribution in [0.2, 0.25) is 0 Å². The van der Waals surface area contributed by atoms with Gasteiger partial charge in [0.05, 0.1) is 17.9 Å². The molecule has 3 rings (SSSR count). The molecular formula is C17H16FN5O3. The highest BCUT2D eigenvalue weighted by Gasteiger charge is 2.22. The Bertz CT molecular complexity index is 979. The Morgan fingerprint density at radius 1 is 1.15 bits per heavy atom. The molecular weight excluding hydrogens is 341 g/mol. The number of rotatable bonds is 4. The fourth-order valence-electron chi connectivity index (χ4n) is 2.06. The van der Waals surface area contributed by atoms with E-state index >= 15 is 0 Å². The first-order chi connectivity index (χ1) is 12.2. The fraction of sp³-hybridized carbons (Fsp3) is 0.176. The lowest BCUT2D eigenvalue weighted by Crippen LogP contribution is -2.33. The standard InChI is InChI=1S/C17H16FN5O3/c1-17(2,19)16-22-12(13(24)15(25)23-16)14-20-7-11(8-21-14)26-10-5-3-9(18)4-6-10/h3-8,24H,19H2,1-2H3,(H,22,23,25). The summed E-state index contributed by atoms with van der Waals surface area (Å²) in [5.74, 6) is -0.0594. The van der Waals surface area contributed by atoms with Gasteiger partial charge in [-0.25, -0.2) is 19.3 Å². The van der Waals surface area contributed by atoms with Gasteiger partial charge in [-0.2, -0.15) is 0 Å². The second kappa shape index (κ2) is 6.52. The quantitative estimate of drug-likeness (QED) is 0.652. The molecule has 8 nitrogen and oxygen atoms in total. The maximum atomic E-state index is 12.9. The van der Waals surface area contributed by atoms with E-state index in [2.05, 4.69) is 19.9 Å². The highest BCUT2D eigenvalue weighted by atomic mass is 19.1. The summed E-state index contributed by atoms with van der Waals surface area (Å²) in [6, 6.07) is 5.45. The van der Waals surface area contributed by atoms with E-state index < -0.39 is 16.8 Å². The number of halogens is 1. The van der Waals surface area contributed by atoms with Crippen LogP contribution in [0, 0.1) is 5.82 Å². The summed E-state index contributed by atoms with van der Waals surface area (Å²) >= 11 is 0. The number of hydrogen-bond donors (Lipinski definition) is 3. The summed E-state index contributed by atoms with van der Waals surface area (Å²) in [5.41, 5.74) is 4.19. The van der Waals surface area contributed by atoms with E-state index in [9.17, 15) is 14.3 Å². The van der Waals surface area contributed by atoms with Crippen molar-refractivity contribution in [3.63, 3.8) is 0 Å². The van der Waals surface area contributed by atoms with Crippen molar-refractivity contribution < 1.29 is 14.2 Å². The van der Waals surface area contributed by atoms with Crippen molar-refractivity contribution >= 4 is 0 Å². The number of nitrogens with zero attached hydrogens (tertiary/aromatic N) is 3. The van der Waals surface area contributed by atoms with Crippen molar-refractivity contribution in [3.8, 4) is 28.8 Å². The van der Waals surface area contributed by atoms with E-state index in [-0.39, 0.29) is 23.2 Å². The first kappa shape index (κ1) is 17.5. The monoisotopic (exact) mass is 357 g/mol. The van der Waals surface area contributed by atoms with Gasteiger partial charge in [0, 0.05) is 0 Å². The van der Waals surface area contributed by atoms with E-state index in [0.717, 1.165) is 0 Å². The predicted octanol–water partition coefficient (Wildman–Crippen LogP) is 2.06. The van der Waals surface area contributed by atoms with Crippen molar-refractivity contribution in [1.29, 1.82) is 0 Å². The maximum Gasteiger partial charge on any atom is 0.293 e. The minimum Gasteiger partial charge on any atom is -0.501 e. The highest BCUT2D eigenvalue weighted by molar-refractivity contribution is 5.57. The maximum absolute atomic E-state index is 12.9. The Hall–Kier alpha value is -3.33. The Labute approximate surface area is 147 Å². The molecule has 9 heteroatoms. The average Bonchev–Trinajstić information content (AvgIpc) is 2.59. The number of nitrogens with two attached hydrogens (primary N) is 1. The van der Waals surface area contributed by atoms with Crippen LogP contribution in [0.3, 0.4) is 0 Å². The second-order valence-corrected chi connectivity index (χ2v) is 6.13. The van der Waals surface area contributed by atoms with Crippen molar-refractivity contribution in [1.82, 2.24) is 19.9 Å². The van der Waals surface area contributed by atoms with Gasteiger partial charge in [0.1, 0.15) is 17.4 Å². The van der Waals surface area contributed by atoms with Crippen LogP contribution in [0.1, 0.15) is 19.7 Å². The number of aromatic hydroxyl groups is 1. The smallest absolute Gasteiger partial charge is 0.293 e. The van der Waals surface area contributed by atoms with E-state index in [1.165, 1.54) is 36.7 Å². The van der Waals surface area contributed by atoms with Crippen LogP contribution in [0.15, 0.2) is 41.5 Å². The van der Waals surface area contributed by atoms with Crippen LogP contribution in [0.5, 0.6) is 17.2 Å². The Morgan fingerprint density at radius 2 is 1.77 bits per heavy atom. The average molecular weight is 357 g/mol. The van der Waals surface area contributed by atoms with Gasteiger partial charge in [0.25, 0.3) is 5.56 Å². The van der Waals surface area contributed by atoms with Gasteiger partial charge < -0.3 is 20.6 Å². The fourth-order valence-corrected chi connectivity index (χ4v) is 2.06. The summed E-state index contributed by atoms with van der Waals surface area (Å²) in [7, 11) is 0. The summed E-state index contributed by atoms with van der Waals surface area (Å²) in [5, 5.41) is 9.98. The molecule has 0 bridgehead atoms. The minimum absolute atomic E-state index is 0.0329. The molecule has 0 radical (unpaired) electrons. The molecule has 2 aromatic heterocycles. The molecule has 4 N–H and O–H groups in total. The number of ether oxygens (including phenoxy) is 1. The minimum atomic E-state index is -0.923. The lowest BCUT2D eigenvalue weighted by Gasteiger charge is -2.18. The molecule has 0 fully saturated rings.